The molecule has 1 aliphatic heterocycles. The minimum Gasteiger partial charge on any atom is -0.326 e. The highest BCUT2D eigenvalue weighted by molar-refractivity contribution is 6.31. The van der Waals surface area contributed by atoms with Crippen molar-refractivity contribution < 1.29 is 4.79 Å². The topological polar surface area (TPSA) is 29.1 Å². The number of carbonyl (C=O) groups is 1. The van der Waals surface area contributed by atoms with Crippen LogP contribution in [-0.4, -0.2) is 5.91 Å². The number of hydrogen-bond donors (Lipinski definition) is 1. The van der Waals surface area contributed by atoms with E-state index in [2.05, 4.69) is 5.32 Å². The second-order valence-electron chi connectivity index (χ2n) is 5.07. The first-order chi connectivity index (χ1) is 9.52. The maximum absolute atomic E-state index is 11.4. The summed E-state index contributed by atoms with van der Waals surface area (Å²) in [4.78, 5) is 11.4. The smallest absolute Gasteiger partial charge is 0.228 e. The fourth-order valence-electron chi connectivity index (χ4n) is 2.51. The van der Waals surface area contributed by atoms with Gasteiger partial charge in [-0.1, -0.05) is 29.8 Å². The lowest BCUT2D eigenvalue weighted by atomic mass is 10.00. The first-order valence-electron chi connectivity index (χ1n) is 6.37. The number of aryl methyl sites for hydroxylation is 1. The summed E-state index contributed by atoms with van der Waals surface area (Å²) in [6, 6.07) is 11.6. The van der Waals surface area contributed by atoms with Crippen molar-refractivity contribution in [3.63, 3.8) is 0 Å². The van der Waals surface area contributed by atoms with Crippen LogP contribution in [0.2, 0.25) is 5.02 Å². The highest BCUT2D eigenvalue weighted by atomic mass is 35.5. The fourth-order valence-corrected chi connectivity index (χ4v) is 3.07. The Morgan fingerprint density at radius 1 is 1.15 bits per heavy atom. The van der Waals surface area contributed by atoms with Crippen molar-refractivity contribution in [3.8, 4) is 0 Å². The molecule has 3 rings (SSSR count). The Labute approximate surface area is 127 Å². The van der Waals surface area contributed by atoms with E-state index in [9.17, 15) is 4.79 Å². The molecular formula is C16H13Cl2NO. The van der Waals surface area contributed by atoms with Crippen LogP contribution in [0.3, 0.4) is 0 Å². The van der Waals surface area contributed by atoms with Crippen molar-refractivity contribution in [2.45, 2.75) is 18.7 Å². The monoisotopic (exact) mass is 305 g/mol. The number of amides is 1. The van der Waals surface area contributed by atoms with Gasteiger partial charge in [-0.25, -0.2) is 0 Å². The highest BCUT2D eigenvalue weighted by Crippen LogP contribution is 2.34. The second kappa shape index (κ2) is 5.12. The molecule has 2 nitrogen and oxygen atoms in total. The van der Waals surface area contributed by atoms with Gasteiger partial charge in [-0.3, -0.25) is 4.79 Å². The molecular weight excluding hydrogens is 293 g/mol. The molecule has 0 aliphatic carbocycles. The molecule has 102 valence electrons. The lowest BCUT2D eigenvalue weighted by molar-refractivity contribution is -0.115. The Morgan fingerprint density at radius 2 is 1.95 bits per heavy atom. The maximum atomic E-state index is 11.4. The predicted molar refractivity (Wildman–Crippen MR) is 82.7 cm³/mol. The van der Waals surface area contributed by atoms with Crippen LogP contribution in [0.5, 0.6) is 0 Å². The Kier molecular flexibility index (Phi) is 3.45. The number of fused-ring (bicyclic) bond motifs is 1. The Bertz CT molecular complexity index is 677. The summed E-state index contributed by atoms with van der Waals surface area (Å²) in [6.45, 7) is 1.99. The van der Waals surface area contributed by atoms with Crippen LogP contribution in [0.1, 0.15) is 27.6 Å². The molecule has 0 aromatic heterocycles. The molecule has 2 aromatic rings. The van der Waals surface area contributed by atoms with E-state index in [0.717, 1.165) is 27.9 Å². The summed E-state index contributed by atoms with van der Waals surface area (Å²) in [5.74, 6) is 0.0295. The number of alkyl halides is 1. The van der Waals surface area contributed by atoms with Gasteiger partial charge in [0.2, 0.25) is 5.91 Å². The van der Waals surface area contributed by atoms with Gasteiger partial charge in [-0.05, 0) is 47.4 Å². The molecule has 0 fully saturated rings. The quantitative estimate of drug-likeness (QED) is 0.815. The SMILES string of the molecule is Cc1cc(Cl)cc(C(Cl)c2ccc3c(c2)CC(=O)N3)c1. The molecule has 0 bridgehead atoms. The lowest BCUT2D eigenvalue weighted by Crippen LogP contribution is -2.03. The van der Waals surface area contributed by atoms with Gasteiger partial charge in [0.15, 0.2) is 0 Å². The Balaban J connectivity index is 1.97. The number of rotatable bonds is 2. The van der Waals surface area contributed by atoms with E-state index >= 15 is 0 Å². The van der Waals surface area contributed by atoms with E-state index in [1.807, 2.05) is 43.3 Å². The number of halogens is 2. The third kappa shape index (κ3) is 2.54. The summed E-state index contributed by atoms with van der Waals surface area (Å²) in [5.41, 5.74) is 4.90. The second-order valence-corrected chi connectivity index (χ2v) is 5.94. The van der Waals surface area contributed by atoms with E-state index in [4.69, 9.17) is 23.2 Å². The molecule has 2 aromatic carbocycles. The molecule has 1 unspecified atom stereocenters. The number of carbonyl (C=O) groups excluding carboxylic acids is 1. The van der Waals surface area contributed by atoms with Crippen molar-refractivity contribution >= 4 is 34.8 Å². The molecule has 20 heavy (non-hydrogen) atoms. The summed E-state index contributed by atoms with van der Waals surface area (Å²) in [7, 11) is 0. The van der Waals surface area contributed by atoms with Gasteiger partial charge in [0.05, 0.1) is 11.8 Å². The van der Waals surface area contributed by atoms with E-state index < -0.39 is 0 Å². The lowest BCUT2D eigenvalue weighted by Gasteiger charge is -2.13. The highest BCUT2D eigenvalue weighted by Gasteiger charge is 2.20. The van der Waals surface area contributed by atoms with Crippen molar-refractivity contribution in [1.29, 1.82) is 0 Å². The minimum absolute atomic E-state index is 0.0295. The summed E-state index contributed by atoms with van der Waals surface area (Å²) < 4.78 is 0. The zero-order chi connectivity index (χ0) is 14.3. The van der Waals surface area contributed by atoms with Crippen molar-refractivity contribution in [1.82, 2.24) is 0 Å². The summed E-state index contributed by atoms with van der Waals surface area (Å²) >= 11 is 12.6. The van der Waals surface area contributed by atoms with Gasteiger partial charge in [-0.15, -0.1) is 11.6 Å². The van der Waals surface area contributed by atoms with Crippen molar-refractivity contribution in [3.05, 3.63) is 63.7 Å². The van der Waals surface area contributed by atoms with E-state index in [-0.39, 0.29) is 11.3 Å². The molecule has 0 saturated carbocycles. The first-order valence-corrected chi connectivity index (χ1v) is 7.18. The van der Waals surface area contributed by atoms with Gasteiger partial charge in [-0.2, -0.15) is 0 Å². The van der Waals surface area contributed by atoms with Gasteiger partial charge >= 0.3 is 0 Å². The summed E-state index contributed by atoms with van der Waals surface area (Å²) in [5, 5.41) is 3.23. The van der Waals surface area contributed by atoms with Gasteiger partial charge in [0.25, 0.3) is 0 Å². The Hall–Kier alpha value is -1.51. The molecule has 4 heteroatoms. The molecule has 1 N–H and O–H groups in total. The number of hydrogen-bond acceptors (Lipinski definition) is 1. The van der Waals surface area contributed by atoms with Crippen LogP contribution in [-0.2, 0) is 11.2 Å². The molecule has 1 amide bonds. The number of benzene rings is 2. The maximum Gasteiger partial charge on any atom is 0.228 e. The van der Waals surface area contributed by atoms with E-state index in [1.165, 1.54) is 0 Å². The zero-order valence-electron chi connectivity index (χ0n) is 10.9. The van der Waals surface area contributed by atoms with E-state index in [0.29, 0.717) is 11.4 Å². The largest absolute Gasteiger partial charge is 0.326 e. The van der Waals surface area contributed by atoms with Gasteiger partial charge in [0.1, 0.15) is 0 Å². The first kappa shape index (κ1) is 13.5. The van der Waals surface area contributed by atoms with E-state index in [1.54, 1.807) is 0 Å². The summed E-state index contributed by atoms with van der Waals surface area (Å²) in [6.07, 6.45) is 0.418. The predicted octanol–water partition coefficient (Wildman–Crippen LogP) is 4.47. The Morgan fingerprint density at radius 3 is 2.70 bits per heavy atom. The average Bonchev–Trinajstić information content (AvgIpc) is 2.75. The van der Waals surface area contributed by atoms with Crippen LogP contribution in [0.4, 0.5) is 5.69 Å². The average molecular weight is 306 g/mol. The van der Waals surface area contributed by atoms with Crippen LogP contribution >= 0.6 is 23.2 Å². The van der Waals surface area contributed by atoms with Gasteiger partial charge < -0.3 is 5.32 Å². The van der Waals surface area contributed by atoms with Crippen LogP contribution < -0.4 is 5.32 Å². The van der Waals surface area contributed by atoms with Crippen LogP contribution in [0.15, 0.2) is 36.4 Å². The normalized spacial score (nSPS) is 14.8. The van der Waals surface area contributed by atoms with Crippen molar-refractivity contribution in [2.75, 3.05) is 5.32 Å². The zero-order valence-corrected chi connectivity index (χ0v) is 12.4. The minimum atomic E-state index is -0.270. The molecule has 0 saturated heterocycles. The third-order valence-corrected chi connectivity index (χ3v) is 4.13. The molecule has 1 atom stereocenters. The molecule has 1 heterocycles. The van der Waals surface area contributed by atoms with Crippen LogP contribution in [0.25, 0.3) is 0 Å². The molecule has 0 radical (unpaired) electrons. The van der Waals surface area contributed by atoms with Crippen LogP contribution in [0, 0.1) is 6.92 Å². The molecule has 0 spiro atoms. The number of nitrogens with one attached hydrogen (secondary N) is 1. The number of anilines is 1. The fraction of sp³-hybridized carbons (Fsp3) is 0.188. The van der Waals surface area contributed by atoms with Gasteiger partial charge in [0, 0.05) is 10.7 Å². The third-order valence-electron chi connectivity index (χ3n) is 3.40. The van der Waals surface area contributed by atoms with Crippen molar-refractivity contribution in [2.24, 2.45) is 0 Å². The molecule has 1 aliphatic rings. The standard InChI is InChI=1S/C16H13Cl2NO/c1-9-4-12(7-13(17)5-9)16(18)10-2-3-14-11(6-10)8-15(20)19-14/h2-7,16H,8H2,1H3,(H,19,20).